The van der Waals surface area contributed by atoms with E-state index in [9.17, 15) is 4.79 Å². The minimum absolute atomic E-state index is 0.0889. The highest BCUT2D eigenvalue weighted by Gasteiger charge is 2.32. The first-order chi connectivity index (χ1) is 12.0. The molecule has 3 heterocycles. The quantitative estimate of drug-likeness (QED) is 0.803. The zero-order valence-electron chi connectivity index (χ0n) is 15.1. The summed E-state index contributed by atoms with van der Waals surface area (Å²) in [5.74, 6) is 0.0889. The van der Waals surface area contributed by atoms with Gasteiger partial charge in [-0.25, -0.2) is 0 Å². The maximum Gasteiger partial charge on any atom is 0.224 e. The van der Waals surface area contributed by atoms with Crippen molar-refractivity contribution in [2.45, 2.75) is 45.3 Å². The molecule has 3 rings (SSSR count). The van der Waals surface area contributed by atoms with Crippen molar-refractivity contribution in [1.82, 2.24) is 24.9 Å². The van der Waals surface area contributed by atoms with Crippen LogP contribution >= 0.6 is 0 Å². The lowest BCUT2D eigenvalue weighted by atomic mass is 10.0. The van der Waals surface area contributed by atoms with Gasteiger partial charge in [0.05, 0.1) is 18.3 Å². The monoisotopic (exact) mass is 343 g/mol. The number of carbonyl (C=O) groups is 1. The van der Waals surface area contributed by atoms with Crippen molar-refractivity contribution in [2.75, 3.05) is 20.2 Å². The van der Waals surface area contributed by atoms with Crippen molar-refractivity contribution in [1.29, 1.82) is 0 Å². The molecule has 1 aliphatic heterocycles. The lowest BCUT2D eigenvalue weighted by Crippen LogP contribution is -2.41. The van der Waals surface area contributed by atoms with Crippen molar-refractivity contribution in [3.63, 3.8) is 0 Å². The number of rotatable bonds is 6. The van der Waals surface area contributed by atoms with Gasteiger partial charge in [-0.2, -0.15) is 0 Å². The van der Waals surface area contributed by atoms with Crippen molar-refractivity contribution in [3.8, 4) is 11.3 Å². The van der Waals surface area contributed by atoms with Crippen molar-refractivity contribution < 1.29 is 9.53 Å². The number of ether oxygens (including phenoxy) is 1. The summed E-state index contributed by atoms with van der Waals surface area (Å²) in [4.78, 5) is 18.3. The molecule has 134 valence electrons. The van der Waals surface area contributed by atoms with Crippen LogP contribution in [0.5, 0.6) is 0 Å². The van der Waals surface area contributed by atoms with Gasteiger partial charge < -0.3 is 9.64 Å². The van der Waals surface area contributed by atoms with Gasteiger partial charge >= 0.3 is 0 Å². The van der Waals surface area contributed by atoms with E-state index in [1.54, 1.807) is 22.0 Å². The van der Waals surface area contributed by atoms with Crippen LogP contribution in [-0.4, -0.2) is 56.6 Å². The summed E-state index contributed by atoms with van der Waals surface area (Å²) in [6.07, 6.45) is 7.88. The van der Waals surface area contributed by atoms with E-state index in [0.717, 1.165) is 36.3 Å². The summed E-state index contributed by atoms with van der Waals surface area (Å²) in [5, 5.41) is 8.29. The second kappa shape index (κ2) is 7.31. The van der Waals surface area contributed by atoms with Crippen LogP contribution in [0.2, 0.25) is 0 Å². The molecule has 1 amide bonds. The Morgan fingerprint density at radius 3 is 3.00 bits per heavy atom. The number of carbonyl (C=O) groups excluding carboxylic acids is 1. The fourth-order valence-corrected chi connectivity index (χ4v) is 3.19. The molecule has 0 spiro atoms. The van der Waals surface area contributed by atoms with E-state index in [1.807, 2.05) is 26.2 Å². The largest absolute Gasteiger partial charge is 0.373 e. The van der Waals surface area contributed by atoms with Gasteiger partial charge in [0.1, 0.15) is 5.69 Å². The fraction of sp³-hybridized carbons (Fsp3) is 0.556. The van der Waals surface area contributed by atoms with Gasteiger partial charge in [0, 0.05) is 44.6 Å². The van der Waals surface area contributed by atoms with Gasteiger partial charge in [-0.3, -0.25) is 14.5 Å². The molecule has 1 fully saturated rings. The topological polar surface area (TPSA) is 73.1 Å². The molecule has 1 atom stereocenters. The molecule has 1 unspecified atom stereocenters. The minimum Gasteiger partial charge on any atom is -0.373 e. The van der Waals surface area contributed by atoms with Crippen LogP contribution in [0.25, 0.3) is 11.3 Å². The molecule has 1 aliphatic rings. The van der Waals surface area contributed by atoms with Crippen molar-refractivity contribution >= 4 is 5.91 Å². The Hall–Kier alpha value is -2.28. The van der Waals surface area contributed by atoms with Gasteiger partial charge in [0.25, 0.3) is 0 Å². The number of likely N-dealkylation sites (N-methyl/N-ethyl adjacent to an activating group) is 1. The smallest absolute Gasteiger partial charge is 0.224 e. The van der Waals surface area contributed by atoms with E-state index in [1.165, 1.54) is 0 Å². The molecule has 0 saturated carbocycles. The third-order valence-corrected chi connectivity index (χ3v) is 4.56. The highest BCUT2D eigenvalue weighted by Crippen LogP contribution is 2.25. The Morgan fingerprint density at radius 1 is 1.44 bits per heavy atom. The van der Waals surface area contributed by atoms with Crippen LogP contribution in [0.15, 0.2) is 24.7 Å². The van der Waals surface area contributed by atoms with E-state index >= 15 is 0 Å². The van der Waals surface area contributed by atoms with Gasteiger partial charge in [0.2, 0.25) is 5.91 Å². The van der Waals surface area contributed by atoms with E-state index in [-0.39, 0.29) is 11.5 Å². The van der Waals surface area contributed by atoms with E-state index in [4.69, 9.17) is 4.74 Å². The van der Waals surface area contributed by atoms with Crippen LogP contribution < -0.4 is 0 Å². The number of aromatic nitrogens is 4. The first-order valence-electron chi connectivity index (χ1n) is 8.65. The predicted molar refractivity (Wildman–Crippen MR) is 93.8 cm³/mol. The number of amides is 1. The summed E-state index contributed by atoms with van der Waals surface area (Å²) in [7, 11) is 1.83. The number of hydrogen-bond donors (Lipinski definition) is 0. The number of hydrogen-bond acceptors (Lipinski definition) is 5. The summed E-state index contributed by atoms with van der Waals surface area (Å²) in [6.45, 7) is 5.98. The maximum absolute atomic E-state index is 12.4. The molecule has 0 bridgehead atoms. The minimum atomic E-state index is -0.205. The molecule has 25 heavy (non-hydrogen) atoms. The Labute approximate surface area is 148 Å². The first-order valence-corrected chi connectivity index (χ1v) is 8.65. The van der Waals surface area contributed by atoms with Crippen molar-refractivity contribution in [2.24, 2.45) is 0 Å². The normalized spacial score (nSPS) is 20.0. The highest BCUT2D eigenvalue weighted by molar-refractivity contribution is 5.75. The fourth-order valence-electron chi connectivity index (χ4n) is 3.19. The third kappa shape index (κ3) is 4.42. The molecule has 0 N–H and O–H groups in total. The van der Waals surface area contributed by atoms with E-state index < -0.39 is 0 Å². The number of pyridine rings is 1. The Balaban J connectivity index is 1.54. The van der Waals surface area contributed by atoms with Crippen molar-refractivity contribution in [3.05, 3.63) is 30.2 Å². The SMILES string of the molecule is Cc1cncc(-c2cn(CCC(=O)N(C)CC3(C)CCCO3)nn2)c1. The Bertz CT molecular complexity index is 737. The maximum atomic E-state index is 12.4. The summed E-state index contributed by atoms with van der Waals surface area (Å²) in [6, 6.07) is 2.02. The number of nitrogens with zero attached hydrogens (tertiary/aromatic N) is 5. The second-order valence-electron chi connectivity index (χ2n) is 7.02. The standard InChI is InChI=1S/C18H25N5O2/c1-14-9-15(11-19-10-14)16-12-23(21-20-16)7-5-17(24)22(3)13-18(2)6-4-8-25-18/h9-12H,4-8,13H2,1-3H3. The zero-order chi connectivity index (χ0) is 17.9. The molecule has 7 heteroatoms. The highest BCUT2D eigenvalue weighted by atomic mass is 16.5. The zero-order valence-corrected chi connectivity index (χ0v) is 15.1. The molecule has 1 saturated heterocycles. The summed E-state index contributed by atoms with van der Waals surface area (Å²) in [5.41, 5.74) is 2.57. The first kappa shape index (κ1) is 17.5. The van der Waals surface area contributed by atoms with Crippen LogP contribution in [0.4, 0.5) is 0 Å². The molecule has 0 radical (unpaired) electrons. The Kier molecular flexibility index (Phi) is 5.13. The molecule has 2 aromatic heterocycles. The second-order valence-corrected chi connectivity index (χ2v) is 7.02. The van der Waals surface area contributed by atoms with Gasteiger partial charge in [-0.1, -0.05) is 5.21 Å². The molecular formula is C18H25N5O2. The predicted octanol–water partition coefficient (Wildman–Crippen LogP) is 2.07. The molecule has 2 aromatic rings. The lowest BCUT2D eigenvalue weighted by molar-refractivity contribution is -0.133. The van der Waals surface area contributed by atoms with E-state index in [2.05, 4.69) is 22.2 Å². The average Bonchev–Trinajstić information content (AvgIpc) is 3.22. The van der Waals surface area contributed by atoms with E-state index in [0.29, 0.717) is 19.5 Å². The molecular weight excluding hydrogens is 318 g/mol. The molecule has 0 aliphatic carbocycles. The van der Waals surface area contributed by atoms with Crippen LogP contribution in [0.3, 0.4) is 0 Å². The molecule has 7 nitrogen and oxygen atoms in total. The van der Waals surface area contributed by atoms with Crippen LogP contribution in [0.1, 0.15) is 31.7 Å². The number of aryl methyl sites for hydroxylation is 2. The molecule has 0 aromatic carbocycles. The Morgan fingerprint density at radius 2 is 2.28 bits per heavy atom. The third-order valence-electron chi connectivity index (χ3n) is 4.56. The summed E-state index contributed by atoms with van der Waals surface area (Å²) >= 11 is 0. The summed E-state index contributed by atoms with van der Waals surface area (Å²) < 4.78 is 7.46. The lowest BCUT2D eigenvalue weighted by Gasteiger charge is -2.29. The van der Waals surface area contributed by atoms with Crippen LogP contribution in [-0.2, 0) is 16.1 Å². The van der Waals surface area contributed by atoms with Gasteiger partial charge in [-0.05, 0) is 38.3 Å². The van der Waals surface area contributed by atoms with Gasteiger partial charge in [-0.15, -0.1) is 5.10 Å². The average molecular weight is 343 g/mol. The van der Waals surface area contributed by atoms with Crippen LogP contribution in [0, 0.1) is 6.92 Å². The van der Waals surface area contributed by atoms with Gasteiger partial charge in [0.15, 0.2) is 0 Å².